The van der Waals surface area contributed by atoms with E-state index in [0.29, 0.717) is 42.1 Å². The summed E-state index contributed by atoms with van der Waals surface area (Å²) in [6, 6.07) is 18.5. The molecule has 43 heavy (non-hydrogen) atoms. The van der Waals surface area contributed by atoms with Crippen molar-refractivity contribution in [3.63, 3.8) is 0 Å². The number of rotatable bonds is 9. The lowest BCUT2D eigenvalue weighted by atomic mass is 9.95. The monoisotopic (exact) mass is 662 g/mol. The van der Waals surface area contributed by atoms with Crippen LogP contribution in [0.25, 0.3) is 6.08 Å². The SMILES string of the molecule is CCOC(=O)C1=C(C)N=c2s/c(=C/c3ccc(OCc4ccc(C(=O)O)cc4)c(Br)c3)c(=O)n2[C@H]1c1cccc(OC)c1. The number of ether oxygens (including phenoxy) is 3. The van der Waals surface area contributed by atoms with Gasteiger partial charge in [0, 0.05) is 0 Å². The summed E-state index contributed by atoms with van der Waals surface area (Å²) in [4.78, 5) is 43.1. The van der Waals surface area contributed by atoms with Crippen LogP contribution >= 0.6 is 27.3 Å². The third kappa shape index (κ3) is 6.32. The summed E-state index contributed by atoms with van der Waals surface area (Å²) in [5, 5.41) is 9.08. The van der Waals surface area contributed by atoms with Crippen LogP contribution in [0.5, 0.6) is 11.5 Å². The molecule has 0 amide bonds. The highest BCUT2D eigenvalue weighted by Gasteiger charge is 2.33. The van der Waals surface area contributed by atoms with Crippen LogP contribution < -0.4 is 24.4 Å². The fourth-order valence-electron chi connectivity index (χ4n) is 4.70. The van der Waals surface area contributed by atoms with Crippen LogP contribution in [0, 0.1) is 0 Å². The molecule has 1 aliphatic heterocycles. The van der Waals surface area contributed by atoms with Gasteiger partial charge >= 0.3 is 11.9 Å². The quantitative estimate of drug-likeness (QED) is 0.255. The number of thiazole rings is 1. The standard InChI is InChI=1S/C32H27BrN2O7S/c1-4-41-31(39)27-18(2)34-32-35(28(27)22-6-5-7-23(16-22)40-3)29(36)26(43-32)15-20-10-13-25(24(33)14-20)42-17-19-8-11-21(12-9-19)30(37)38/h5-16,28H,4,17H2,1-3H3,(H,37,38)/b26-15+/t28-/m0/s1. The minimum Gasteiger partial charge on any atom is -0.497 e. The second-order valence-corrected chi connectivity index (χ2v) is 11.4. The van der Waals surface area contributed by atoms with E-state index in [1.807, 2.05) is 24.3 Å². The van der Waals surface area contributed by atoms with Crippen LogP contribution in [-0.2, 0) is 16.1 Å². The first kappa shape index (κ1) is 30.0. The number of fused-ring (bicyclic) bond motifs is 1. The molecule has 0 radical (unpaired) electrons. The van der Waals surface area contributed by atoms with Crippen molar-refractivity contribution in [1.82, 2.24) is 4.57 Å². The van der Waals surface area contributed by atoms with Gasteiger partial charge in [-0.3, -0.25) is 9.36 Å². The van der Waals surface area contributed by atoms with Gasteiger partial charge in [0.15, 0.2) is 4.80 Å². The number of carboxylic acids is 1. The summed E-state index contributed by atoms with van der Waals surface area (Å²) in [5.74, 6) is -0.317. The van der Waals surface area contributed by atoms with Crippen LogP contribution in [0.15, 0.2) is 92.3 Å². The molecule has 5 rings (SSSR count). The van der Waals surface area contributed by atoms with Crippen molar-refractivity contribution in [3.8, 4) is 11.5 Å². The molecule has 1 N–H and O–H groups in total. The third-order valence-electron chi connectivity index (χ3n) is 6.78. The first-order valence-electron chi connectivity index (χ1n) is 13.3. The predicted molar refractivity (Wildman–Crippen MR) is 165 cm³/mol. The Morgan fingerprint density at radius 2 is 1.88 bits per heavy atom. The molecule has 4 aromatic rings. The molecule has 0 saturated heterocycles. The number of hydrogen-bond acceptors (Lipinski definition) is 8. The van der Waals surface area contributed by atoms with E-state index in [0.717, 1.165) is 11.1 Å². The number of aromatic nitrogens is 1. The van der Waals surface area contributed by atoms with E-state index in [1.54, 1.807) is 57.4 Å². The molecule has 2 heterocycles. The summed E-state index contributed by atoms with van der Waals surface area (Å²) in [6.45, 7) is 3.92. The Kier molecular flexibility index (Phi) is 8.93. The van der Waals surface area contributed by atoms with Crippen LogP contribution in [0.3, 0.4) is 0 Å². The number of carboxylic acid groups (broad SMARTS) is 1. The number of allylic oxidation sites excluding steroid dienone is 1. The highest BCUT2D eigenvalue weighted by atomic mass is 79.9. The molecule has 11 heteroatoms. The maximum atomic E-state index is 13.9. The Labute approximate surface area is 259 Å². The number of esters is 1. The van der Waals surface area contributed by atoms with Crippen molar-refractivity contribution in [1.29, 1.82) is 0 Å². The highest BCUT2D eigenvalue weighted by molar-refractivity contribution is 9.10. The van der Waals surface area contributed by atoms with Crippen molar-refractivity contribution >= 4 is 45.3 Å². The zero-order valence-corrected chi connectivity index (χ0v) is 25.9. The average Bonchev–Trinajstić information content (AvgIpc) is 3.30. The Balaban J connectivity index is 1.49. The number of carbonyl (C=O) groups excluding carboxylic acids is 1. The van der Waals surface area contributed by atoms with E-state index in [-0.39, 0.29) is 24.3 Å². The van der Waals surface area contributed by atoms with E-state index >= 15 is 0 Å². The molecular weight excluding hydrogens is 636 g/mol. The van der Waals surface area contributed by atoms with Gasteiger partial charge in [0.05, 0.1) is 45.6 Å². The number of hydrogen-bond donors (Lipinski definition) is 1. The summed E-state index contributed by atoms with van der Waals surface area (Å²) < 4.78 is 19.4. The summed E-state index contributed by atoms with van der Waals surface area (Å²) in [6.07, 6.45) is 1.77. The second kappa shape index (κ2) is 12.8. The predicted octanol–water partition coefficient (Wildman–Crippen LogP) is 4.85. The topological polar surface area (TPSA) is 116 Å². The van der Waals surface area contributed by atoms with Crippen LogP contribution in [0.4, 0.5) is 0 Å². The van der Waals surface area contributed by atoms with Gasteiger partial charge < -0.3 is 19.3 Å². The zero-order chi connectivity index (χ0) is 30.7. The molecule has 0 unspecified atom stereocenters. The summed E-state index contributed by atoms with van der Waals surface area (Å²) >= 11 is 4.79. The first-order valence-corrected chi connectivity index (χ1v) is 14.9. The van der Waals surface area contributed by atoms with Crippen molar-refractivity contribution in [2.45, 2.75) is 26.5 Å². The van der Waals surface area contributed by atoms with Gasteiger partial charge in [0.25, 0.3) is 5.56 Å². The molecule has 0 spiro atoms. The molecule has 0 fully saturated rings. The number of halogens is 1. The van der Waals surface area contributed by atoms with Crippen LogP contribution in [-0.4, -0.2) is 35.3 Å². The number of methoxy groups -OCH3 is 1. The Morgan fingerprint density at radius 1 is 1.12 bits per heavy atom. The van der Waals surface area contributed by atoms with Crippen molar-refractivity contribution in [2.75, 3.05) is 13.7 Å². The first-order chi connectivity index (χ1) is 20.7. The van der Waals surface area contributed by atoms with Gasteiger partial charge in [-0.25, -0.2) is 14.6 Å². The number of carbonyl (C=O) groups is 2. The maximum absolute atomic E-state index is 13.9. The molecule has 0 saturated carbocycles. The van der Waals surface area contributed by atoms with E-state index in [9.17, 15) is 14.4 Å². The molecule has 220 valence electrons. The molecule has 1 atom stereocenters. The average molecular weight is 664 g/mol. The maximum Gasteiger partial charge on any atom is 0.338 e. The lowest BCUT2D eigenvalue weighted by Crippen LogP contribution is -2.39. The van der Waals surface area contributed by atoms with E-state index in [1.165, 1.54) is 28.0 Å². The lowest BCUT2D eigenvalue weighted by molar-refractivity contribution is -0.139. The number of nitrogens with zero attached hydrogens (tertiary/aromatic N) is 2. The molecule has 0 bridgehead atoms. The molecule has 0 aliphatic carbocycles. The fourth-order valence-corrected chi connectivity index (χ4v) is 6.26. The molecule has 9 nitrogen and oxygen atoms in total. The zero-order valence-electron chi connectivity index (χ0n) is 23.5. The van der Waals surface area contributed by atoms with Gasteiger partial charge in [-0.05, 0) is 88.9 Å². The Bertz CT molecular complexity index is 1930. The van der Waals surface area contributed by atoms with Crippen molar-refractivity contribution in [3.05, 3.63) is 124 Å². The Morgan fingerprint density at radius 3 is 2.56 bits per heavy atom. The summed E-state index contributed by atoms with van der Waals surface area (Å²) in [7, 11) is 1.56. The van der Waals surface area contributed by atoms with Crippen LogP contribution in [0.2, 0.25) is 0 Å². The highest BCUT2D eigenvalue weighted by Crippen LogP contribution is 2.32. The van der Waals surface area contributed by atoms with Gasteiger partial charge in [-0.15, -0.1) is 0 Å². The number of benzene rings is 3. The van der Waals surface area contributed by atoms with Gasteiger partial charge in [0.2, 0.25) is 0 Å². The van der Waals surface area contributed by atoms with Gasteiger partial charge in [0.1, 0.15) is 18.1 Å². The van der Waals surface area contributed by atoms with Crippen molar-refractivity contribution < 1.29 is 28.9 Å². The normalized spacial score (nSPS) is 14.6. The van der Waals surface area contributed by atoms with E-state index < -0.39 is 18.0 Å². The molecular formula is C32H27BrN2O7S. The van der Waals surface area contributed by atoms with Crippen LogP contribution in [0.1, 0.15) is 46.9 Å². The fraction of sp³-hybridized carbons (Fsp3) is 0.188. The Hall–Kier alpha value is -4.48. The minimum absolute atomic E-state index is 0.191. The molecule has 1 aromatic heterocycles. The van der Waals surface area contributed by atoms with Gasteiger partial charge in [-0.1, -0.05) is 41.7 Å². The lowest BCUT2D eigenvalue weighted by Gasteiger charge is -2.25. The largest absolute Gasteiger partial charge is 0.497 e. The van der Waals surface area contributed by atoms with E-state index in [2.05, 4.69) is 20.9 Å². The smallest absolute Gasteiger partial charge is 0.338 e. The third-order valence-corrected chi connectivity index (χ3v) is 8.38. The minimum atomic E-state index is -0.983. The van der Waals surface area contributed by atoms with Crippen molar-refractivity contribution in [2.24, 2.45) is 4.99 Å². The van der Waals surface area contributed by atoms with E-state index in [4.69, 9.17) is 19.3 Å². The number of aromatic carboxylic acids is 1. The van der Waals surface area contributed by atoms with Gasteiger partial charge in [-0.2, -0.15) is 0 Å². The molecule has 3 aromatic carbocycles. The molecule has 1 aliphatic rings. The second-order valence-electron chi connectivity index (χ2n) is 9.56. The summed E-state index contributed by atoms with van der Waals surface area (Å²) in [5.41, 5.74) is 3.00.